The Balaban J connectivity index is 2.40. The number of hydrogen-bond acceptors (Lipinski definition) is 4. The van der Waals surface area contributed by atoms with Crippen LogP contribution in [0.2, 0.25) is 0 Å². The summed E-state index contributed by atoms with van der Waals surface area (Å²) < 4.78 is 10.6. The molecule has 0 spiro atoms. The summed E-state index contributed by atoms with van der Waals surface area (Å²) in [7, 11) is 1.39. The first kappa shape index (κ1) is 14.5. The van der Waals surface area contributed by atoms with Crippen LogP contribution in [0, 0.1) is 5.92 Å². The van der Waals surface area contributed by atoms with Crippen molar-refractivity contribution in [2.75, 3.05) is 13.7 Å². The zero-order chi connectivity index (χ0) is 12.9. The monoisotopic (exact) mass is 243 g/mol. The molecule has 2 atom stereocenters. The molecule has 0 heterocycles. The van der Waals surface area contributed by atoms with Crippen molar-refractivity contribution in [2.24, 2.45) is 11.7 Å². The smallest absolute Gasteiger partial charge is 0.325 e. The molecule has 4 heteroatoms. The molecule has 1 saturated carbocycles. The average Bonchev–Trinajstić information content (AvgIpc) is 2.27. The Morgan fingerprint density at radius 3 is 2.82 bits per heavy atom. The topological polar surface area (TPSA) is 61.5 Å². The SMILES string of the molecule is COC(=O)C1(N)CCCC(OCCC(C)C)C1. The highest BCUT2D eigenvalue weighted by atomic mass is 16.5. The second kappa shape index (κ2) is 6.36. The fraction of sp³-hybridized carbons (Fsp3) is 0.923. The van der Waals surface area contributed by atoms with Crippen LogP contribution in [-0.2, 0) is 14.3 Å². The molecule has 0 amide bonds. The van der Waals surface area contributed by atoms with E-state index in [4.69, 9.17) is 15.2 Å². The molecule has 0 radical (unpaired) electrons. The molecule has 1 rings (SSSR count). The van der Waals surface area contributed by atoms with Crippen LogP contribution in [0.1, 0.15) is 46.0 Å². The Hall–Kier alpha value is -0.610. The lowest BCUT2D eigenvalue weighted by Crippen LogP contribution is -2.53. The third-order valence-electron chi connectivity index (χ3n) is 3.38. The van der Waals surface area contributed by atoms with Gasteiger partial charge in [0.05, 0.1) is 13.2 Å². The van der Waals surface area contributed by atoms with Crippen molar-refractivity contribution in [1.82, 2.24) is 0 Å². The largest absolute Gasteiger partial charge is 0.468 e. The lowest BCUT2D eigenvalue weighted by Gasteiger charge is -2.35. The van der Waals surface area contributed by atoms with E-state index in [0.29, 0.717) is 18.8 Å². The van der Waals surface area contributed by atoms with Gasteiger partial charge in [0.25, 0.3) is 0 Å². The van der Waals surface area contributed by atoms with Crippen molar-refractivity contribution in [2.45, 2.75) is 57.6 Å². The van der Waals surface area contributed by atoms with Gasteiger partial charge in [-0.3, -0.25) is 4.79 Å². The lowest BCUT2D eigenvalue weighted by atomic mass is 9.81. The van der Waals surface area contributed by atoms with Crippen molar-refractivity contribution >= 4 is 5.97 Å². The number of ether oxygens (including phenoxy) is 2. The Kier molecular flexibility index (Phi) is 5.40. The quantitative estimate of drug-likeness (QED) is 0.749. The number of methoxy groups -OCH3 is 1. The molecule has 1 fully saturated rings. The third kappa shape index (κ3) is 4.28. The van der Waals surface area contributed by atoms with Crippen LogP contribution >= 0.6 is 0 Å². The van der Waals surface area contributed by atoms with E-state index in [9.17, 15) is 4.79 Å². The van der Waals surface area contributed by atoms with Crippen LogP contribution in [0.25, 0.3) is 0 Å². The summed E-state index contributed by atoms with van der Waals surface area (Å²) in [6.45, 7) is 5.09. The second-order valence-corrected chi connectivity index (χ2v) is 5.42. The van der Waals surface area contributed by atoms with Gasteiger partial charge < -0.3 is 15.2 Å². The molecule has 17 heavy (non-hydrogen) atoms. The summed E-state index contributed by atoms with van der Waals surface area (Å²) in [6.07, 6.45) is 4.35. The van der Waals surface area contributed by atoms with Gasteiger partial charge in [-0.25, -0.2) is 0 Å². The highest BCUT2D eigenvalue weighted by molar-refractivity contribution is 5.80. The maximum atomic E-state index is 11.6. The molecule has 0 saturated heterocycles. The minimum absolute atomic E-state index is 0.103. The number of hydrogen-bond donors (Lipinski definition) is 1. The fourth-order valence-electron chi connectivity index (χ4n) is 2.26. The molecule has 0 aromatic carbocycles. The number of carbonyl (C=O) groups excluding carboxylic acids is 1. The first-order valence-corrected chi connectivity index (χ1v) is 6.47. The van der Waals surface area contributed by atoms with Crippen molar-refractivity contribution < 1.29 is 14.3 Å². The molecule has 4 nitrogen and oxygen atoms in total. The first-order valence-electron chi connectivity index (χ1n) is 6.47. The minimum atomic E-state index is -0.838. The normalized spacial score (nSPS) is 29.4. The number of esters is 1. The predicted molar refractivity (Wildman–Crippen MR) is 66.6 cm³/mol. The Bertz CT molecular complexity index is 255. The maximum absolute atomic E-state index is 11.6. The molecule has 2 N–H and O–H groups in total. The standard InChI is InChI=1S/C13H25NO3/c1-10(2)6-8-17-11-5-4-7-13(14,9-11)12(15)16-3/h10-11H,4-9,14H2,1-3H3. The van der Waals surface area contributed by atoms with Gasteiger partial charge in [0.2, 0.25) is 0 Å². The maximum Gasteiger partial charge on any atom is 0.325 e. The highest BCUT2D eigenvalue weighted by Gasteiger charge is 2.40. The van der Waals surface area contributed by atoms with Crippen molar-refractivity contribution in [3.05, 3.63) is 0 Å². The van der Waals surface area contributed by atoms with Crippen LogP contribution < -0.4 is 5.73 Å². The van der Waals surface area contributed by atoms with E-state index in [1.54, 1.807) is 0 Å². The zero-order valence-corrected chi connectivity index (χ0v) is 11.2. The molecule has 0 aromatic rings. The molecule has 100 valence electrons. The minimum Gasteiger partial charge on any atom is -0.468 e. The zero-order valence-electron chi connectivity index (χ0n) is 11.2. The van der Waals surface area contributed by atoms with E-state index < -0.39 is 5.54 Å². The van der Waals surface area contributed by atoms with Gasteiger partial charge in [-0.2, -0.15) is 0 Å². The van der Waals surface area contributed by atoms with Gasteiger partial charge in [-0.15, -0.1) is 0 Å². The van der Waals surface area contributed by atoms with Gasteiger partial charge in [0.1, 0.15) is 5.54 Å². The van der Waals surface area contributed by atoms with E-state index in [0.717, 1.165) is 25.9 Å². The van der Waals surface area contributed by atoms with E-state index in [1.807, 2.05) is 0 Å². The summed E-state index contributed by atoms with van der Waals surface area (Å²) in [4.78, 5) is 11.6. The molecule has 1 aliphatic carbocycles. The fourth-order valence-corrected chi connectivity index (χ4v) is 2.26. The number of nitrogens with two attached hydrogens (primary N) is 1. The Morgan fingerprint density at radius 2 is 2.24 bits per heavy atom. The van der Waals surface area contributed by atoms with Crippen LogP contribution in [0.4, 0.5) is 0 Å². The van der Waals surface area contributed by atoms with Crippen LogP contribution in [0.3, 0.4) is 0 Å². The third-order valence-corrected chi connectivity index (χ3v) is 3.38. The summed E-state index contributed by atoms with van der Waals surface area (Å²) in [5.74, 6) is 0.330. The Labute approximate surface area is 104 Å². The Morgan fingerprint density at radius 1 is 1.53 bits per heavy atom. The molecule has 0 aromatic heterocycles. The summed E-state index contributed by atoms with van der Waals surface area (Å²) in [6, 6.07) is 0. The van der Waals surface area contributed by atoms with Crippen LogP contribution in [0.5, 0.6) is 0 Å². The lowest BCUT2D eigenvalue weighted by molar-refractivity contribution is -0.150. The molecular formula is C13H25NO3. The first-order chi connectivity index (χ1) is 7.98. The van der Waals surface area contributed by atoms with Crippen molar-refractivity contribution in [3.8, 4) is 0 Å². The molecule has 1 aliphatic rings. The molecular weight excluding hydrogens is 218 g/mol. The average molecular weight is 243 g/mol. The molecule has 2 unspecified atom stereocenters. The van der Waals surface area contributed by atoms with Gasteiger partial charge in [0, 0.05) is 13.0 Å². The number of carbonyl (C=O) groups is 1. The van der Waals surface area contributed by atoms with E-state index in [2.05, 4.69) is 13.8 Å². The van der Waals surface area contributed by atoms with Gasteiger partial charge in [-0.1, -0.05) is 13.8 Å². The summed E-state index contributed by atoms with van der Waals surface area (Å²) >= 11 is 0. The molecule has 0 bridgehead atoms. The van der Waals surface area contributed by atoms with Crippen molar-refractivity contribution in [1.29, 1.82) is 0 Å². The van der Waals surface area contributed by atoms with Crippen LogP contribution in [0.15, 0.2) is 0 Å². The van der Waals surface area contributed by atoms with E-state index >= 15 is 0 Å². The van der Waals surface area contributed by atoms with Gasteiger partial charge in [0.15, 0.2) is 0 Å². The van der Waals surface area contributed by atoms with Crippen molar-refractivity contribution in [3.63, 3.8) is 0 Å². The predicted octanol–water partition coefficient (Wildman–Crippen LogP) is 1.86. The summed E-state index contributed by atoms with van der Waals surface area (Å²) in [5, 5.41) is 0. The van der Waals surface area contributed by atoms with E-state index in [-0.39, 0.29) is 12.1 Å². The van der Waals surface area contributed by atoms with E-state index in [1.165, 1.54) is 7.11 Å². The van der Waals surface area contributed by atoms with Gasteiger partial charge >= 0.3 is 5.97 Å². The number of rotatable bonds is 5. The highest BCUT2D eigenvalue weighted by Crippen LogP contribution is 2.29. The van der Waals surface area contributed by atoms with Crippen LogP contribution in [-0.4, -0.2) is 31.3 Å². The molecule has 0 aliphatic heterocycles. The summed E-state index contributed by atoms with van der Waals surface area (Å²) in [5.41, 5.74) is 5.24. The second-order valence-electron chi connectivity index (χ2n) is 5.42. The van der Waals surface area contributed by atoms with Gasteiger partial charge in [-0.05, 0) is 31.6 Å².